The van der Waals surface area contributed by atoms with Gasteiger partial charge in [0.25, 0.3) is 0 Å². The van der Waals surface area contributed by atoms with E-state index in [0.29, 0.717) is 6.04 Å². The van der Waals surface area contributed by atoms with Gasteiger partial charge in [-0.05, 0) is 31.7 Å². The topological polar surface area (TPSA) is 12.0 Å². The highest BCUT2D eigenvalue weighted by Crippen LogP contribution is 2.12. The predicted molar refractivity (Wildman–Crippen MR) is 70.5 cm³/mol. The Morgan fingerprint density at radius 3 is 2.47 bits per heavy atom. The van der Waals surface area contributed by atoms with E-state index >= 15 is 0 Å². The fraction of sp³-hybridized carbons (Fsp3) is 0.538. The zero-order valence-corrected chi connectivity index (χ0v) is 10.7. The Kier molecular flexibility index (Phi) is 5.81. The molecule has 0 bridgehead atoms. The van der Waals surface area contributed by atoms with Crippen molar-refractivity contribution in [3.63, 3.8) is 0 Å². The molecule has 1 nitrogen and oxygen atoms in total. The second kappa shape index (κ2) is 6.91. The van der Waals surface area contributed by atoms with Gasteiger partial charge in [0.05, 0.1) is 0 Å². The third-order valence-electron chi connectivity index (χ3n) is 2.70. The minimum Gasteiger partial charge on any atom is -0.310 e. The summed E-state index contributed by atoms with van der Waals surface area (Å²) in [6.07, 6.45) is 3.41. The minimum atomic E-state index is 0.459. The van der Waals surface area contributed by atoms with Gasteiger partial charge >= 0.3 is 0 Å². The molecule has 2 heteroatoms. The molecular formula is C13H21NS. The van der Waals surface area contributed by atoms with Gasteiger partial charge in [0.1, 0.15) is 0 Å². The zero-order chi connectivity index (χ0) is 11.1. The van der Waals surface area contributed by atoms with E-state index in [1.165, 1.54) is 12.0 Å². The molecule has 0 aliphatic rings. The SMILES string of the molecule is CSC(C)CCNC(C)c1ccccc1. The summed E-state index contributed by atoms with van der Waals surface area (Å²) in [6, 6.07) is 11.1. The molecule has 0 amide bonds. The molecule has 15 heavy (non-hydrogen) atoms. The van der Waals surface area contributed by atoms with Gasteiger partial charge in [0.2, 0.25) is 0 Å². The number of nitrogens with one attached hydrogen (secondary N) is 1. The lowest BCUT2D eigenvalue weighted by atomic mass is 10.1. The molecule has 0 saturated heterocycles. The normalized spacial score (nSPS) is 14.9. The highest BCUT2D eigenvalue weighted by atomic mass is 32.2. The van der Waals surface area contributed by atoms with E-state index in [0.717, 1.165) is 11.8 Å². The van der Waals surface area contributed by atoms with Crippen LogP contribution in [0.2, 0.25) is 0 Å². The van der Waals surface area contributed by atoms with Crippen molar-refractivity contribution in [2.24, 2.45) is 0 Å². The molecule has 0 aromatic heterocycles. The Morgan fingerprint density at radius 2 is 1.87 bits per heavy atom. The summed E-state index contributed by atoms with van der Waals surface area (Å²) >= 11 is 1.93. The van der Waals surface area contributed by atoms with Crippen molar-refractivity contribution in [3.05, 3.63) is 35.9 Å². The van der Waals surface area contributed by atoms with Crippen molar-refractivity contribution in [2.75, 3.05) is 12.8 Å². The Balaban J connectivity index is 2.28. The second-order valence-electron chi connectivity index (χ2n) is 3.92. The Labute approximate surface area is 97.7 Å². The van der Waals surface area contributed by atoms with E-state index in [-0.39, 0.29) is 0 Å². The molecule has 2 atom stereocenters. The first-order valence-electron chi connectivity index (χ1n) is 5.55. The first-order chi connectivity index (χ1) is 7.24. The summed E-state index contributed by atoms with van der Waals surface area (Å²) in [5.41, 5.74) is 1.37. The molecule has 0 radical (unpaired) electrons. The molecule has 1 rings (SSSR count). The number of benzene rings is 1. The maximum absolute atomic E-state index is 3.55. The number of hydrogen-bond donors (Lipinski definition) is 1. The van der Waals surface area contributed by atoms with E-state index in [1.54, 1.807) is 0 Å². The summed E-state index contributed by atoms with van der Waals surface area (Å²) in [5, 5.41) is 4.30. The maximum Gasteiger partial charge on any atom is 0.0291 e. The van der Waals surface area contributed by atoms with Crippen LogP contribution in [0.25, 0.3) is 0 Å². The smallest absolute Gasteiger partial charge is 0.0291 e. The standard InChI is InChI=1S/C13H21NS/c1-11(15-3)9-10-14-12(2)13-7-5-4-6-8-13/h4-8,11-12,14H,9-10H2,1-3H3. The van der Waals surface area contributed by atoms with Crippen molar-refractivity contribution in [2.45, 2.75) is 31.6 Å². The molecular weight excluding hydrogens is 202 g/mol. The summed E-state index contributed by atoms with van der Waals surface area (Å²) < 4.78 is 0. The number of thioether (sulfide) groups is 1. The van der Waals surface area contributed by atoms with Crippen molar-refractivity contribution < 1.29 is 0 Å². The predicted octanol–water partition coefficient (Wildman–Crippen LogP) is 3.48. The quantitative estimate of drug-likeness (QED) is 0.792. The molecule has 1 aromatic rings. The van der Waals surface area contributed by atoms with Gasteiger partial charge in [0, 0.05) is 11.3 Å². The van der Waals surface area contributed by atoms with Crippen LogP contribution in [0.15, 0.2) is 30.3 Å². The van der Waals surface area contributed by atoms with Crippen LogP contribution in [0.3, 0.4) is 0 Å². The van der Waals surface area contributed by atoms with Gasteiger partial charge in [-0.1, -0.05) is 37.3 Å². The van der Waals surface area contributed by atoms with E-state index < -0.39 is 0 Å². The van der Waals surface area contributed by atoms with Crippen LogP contribution < -0.4 is 5.32 Å². The van der Waals surface area contributed by atoms with Crippen LogP contribution in [0.4, 0.5) is 0 Å². The number of hydrogen-bond acceptors (Lipinski definition) is 2. The van der Waals surface area contributed by atoms with E-state index in [1.807, 2.05) is 11.8 Å². The van der Waals surface area contributed by atoms with E-state index in [4.69, 9.17) is 0 Å². The van der Waals surface area contributed by atoms with E-state index in [9.17, 15) is 0 Å². The van der Waals surface area contributed by atoms with Crippen LogP contribution >= 0.6 is 11.8 Å². The zero-order valence-electron chi connectivity index (χ0n) is 9.86. The first kappa shape index (κ1) is 12.6. The van der Waals surface area contributed by atoms with Crippen LogP contribution in [0.1, 0.15) is 31.9 Å². The molecule has 0 aliphatic heterocycles. The molecule has 0 saturated carbocycles. The summed E-state index contributed by atoms with van der Waals surface area (Å²) in [7, 11) is 0. The van der Waals surface area contributed by atoms with Gasteiger partial charge in [0.15, 0.2) is 0 Å². The Morgan fingerprint density at radius 1 is 1.20 bits per heavy atom. The minimum absolute atomic E-state index is 0.459. The molecule has 0 spiro atoms. The van der Waals surface area contributed by atoms with Gasteiger partial charge in [-0.15, -0.1) is 0 Å². The third-order valence-corrected chi connectivity index (χ3v) is 3.74. The average molecular weight is 223 g/mol. The fourth-order valence-electron chi connectivity index (χ4n) is 1.48. The lowest BCUT2D eigenvalue weighted by molar-refractivity contribution is 0.558. The largest absolute Gasteiger partial charge is 0.310 e. The molecule has 84 valence electrons. The first-order valence-corrected chi connectivity index (χ1v) is 6.84. The van der Waals surface area contributed by atoms with Gasteiger partial charge in [-0.2, -0.15) is 11.8 Å². The molecule has 0 heterocycles. The van der Waals surface area contributed by atoms with Gasteiger partial charge in [-0.25, -0.2) is 0 Å². The summed E-state index contributed by atoms with van der Waals surface area (Å²) in [4.78, 5) is 0. The highest BCUT2D eigenvalue weighted by molar-refractivity contribution is 7.99. The van der Waals surface area contributed by atoms with Crippen molar-refractivity contribution in [3.8, 4) is 0 Å². The van der Waals surface area contributed by atoms with Crippen molar-refractivity contribution in [1.82, 2.24) is 5.32 Å². The molecule has 2 unspecified atom stereocenters. The third kappa shape index (κ3) is 4.72. The second-order valence-corrected chi connectivity index (χ2v) is 5.20. The molecule has 1 N–H and O–H groups in total. The lowest BCUT2D eigenvalue weighted by Gasteiger charge is -2.15. The molecule has 0 aliphatic carbocycles. The molecule has 1 aromatic carbocycles. The van der Waals surface area contributed by atoms with Crippen molar-refractivity contribution >= 4 is 11.8 Å². The van der Waals surface area contributed by atoms with Crippen LogP contribution in [-0.2, 0) is 0 Å². The summed E-state index contributed by atoms with van der Waals surface area (Å²) in [6.45, 7) is 5.59. The van der Waals surface area contributed by atoms with Gasteiger partial charge < -0.3 is 5.32 Å². The monoisotopic (exact) mass is 223 g/mol. The van der Waals surface area contributed by atoms with E-state index in [2.05, 4.69) is 55.8 Å². The lowest BCUT2D eigenvalue weighted by Crippen LogP contribution is -2.21. The summed E-state index contributed by atoms with van der Waals surface area (Å²) in [5.74, 6) is 0. The highest BCUT2D eigenvalue weighted by Gasteiger charge is 2.04. The maximum atomic E-state index is 3.55. The fourth-order valence-corrected chi connectivity index (χ4v) is 1.83. The van der Waals surface area contributed by atoms with Crippen molar-refractivity contribution in [1.29, 1.82) is 0 Å². The molecule has 0 fully saturated rings. The number of rotatable bonds is 6. The van der Waals surface area contributed by atoms with Crippen LogP contribution in [0, 0.1) is 0 Å². The Hall–Kier alpha value is -0.470. The Bertz CT molecular complexity index is 260. The van der Waals surface area contributed by atoms with Crippen LogP contribution in [0.5, 0.6) is 0 Å². The van der Waals surface area contributed by atoms with Crippen LogP contribution in [-0.4, -0.2) is 18.1 Å². The van der Waals surface area contributed by atoms with Gasteiger partial charge in [-0.3, -0.25) is 0 Å². The average Bonchev–Trinajstić information content (AvgIpc) is 2.29.